The number of hydrazine groups is 1. The van der Waals surface area contributed by atoms with Crippen LogP contribution >= 0.6 is 0 Å². The lowest BCUT2D eigenvalue weighted by Gasteiger charge is -2.08. The van der Waals surface area contributed by atoms with E-state index >= 15 is 0 Å². The van der Waals surface area contributed by atoms with E-state index in [0.29, 0.717) is 29.1 Å². The lowest BCUT2D eigenvalue weighted by Crippen LogP contribution is -2.41. The quantitative estimate of drug-likeness (QED) is 0.475. The molecule has 0 atom stereocenters. The predicted molar refractivity (Wildman–Crippen MR) is 115 cm³/mol. The van der Waals surface area contributed by atoms with Crippen LogP contribution in [0.4, 0.5) is 0 Å². The maximum absolute atomic E-state index is 12.3. The number of carbonyl (C=O) groups is 2. The fraction of sp³-hybridized carbons (Fsp3) is 0.0435. The number of nitriles is 1. The van der Waals surface area contributed by atoms with Crippen LogP contribution < -0.4 is 10.9 Å². The van der Waals surface area contributed by atoms with Crippen LogP contribution in [0.25, 0.3) is 11.4 Å². The molecule has 0 bridgehead atoms. The van der Waals surface area contributed by atoms with E-state index in [4.69, 9.17) is 5.26 Å². The Morgan fingerprint density at radius 2 is 1.44 bits per heavy atom. The molecule has 1 aromatic heterocycles. The van der Waals surface area contributed by atoms with Crippen molar-refractivity contribution in [2.24, 2.45) is 0 Å². The molecule has 0 aliphatic heterocycles. The molecule has 0 aliphatic carbocycles. The third-order valence-corrected chi connectivity index (χ3v) is 4.59. The number of rotatable bonds is 5. The molecular weight excluding hydrogens is 406 g/mol. The van der Waals surface area contributed by atoms with Crippen molar-refractivity contribution in [2.75, 3.05) is 0 Å². The van der Waals surface area contributed by atoms with Crippen LogP contribution in [0.5, 0.6) is 0 Å². The van der Waals surface area contributed by atoms with E-state index in [1.54, 1.807) is 24.3 Å². The number of nitrogens with zero attached hydrogens (tertiary/aromatic N) is 5. The number of aromatic nitrogens is 4. The van der Waals surface area contributed by atoms with Gasteiger partial charge in [-0.15, -0.1) is 10.2 Å². The maximum atomic E-state index is 12.3. The summed E-state index contributed by atoms with van der Waals surface area (Å²) in [6.07, 6.45) is 0. The molecule has 3 aromatic carbocycles. The molecule has 2 N–H and O–H groups in total. The molecule has 4 rings (SSSR count). The molecule has 1 heterocycles. The van der Waals surface area contributed by atoms with Gasteiger partial charge in [0.1, 0.15) is 0 Å². The fourth-order valence-corrected chi connectivity index (χ4v) is 2.89. The molecule has 0 saturated carbocycles. The summed E-state index contributed by atoms with van der Waals surface area (Å²) < 4.78 is 0. The zero-order chi connectivity index (χ0) is 22.3. The summed E-state index contributed by atoms with van der Waals surface area (Å²) in [5, 5.41) is 21.3. The molecule has 0 spiro atoms. The van der Waals surface area contributed by atoms with Crippen molar-refractivity contribution in [1.82, 2.24) is 31.1 Å². The summed E-state index contributed by atoms with van der Waals surface area (Å²) in [6.45, 7) is 0.400. The lowest BCUT2D eigenvalue weighted by atomic mass is 10.1. The number of benzene rings is 3. The van der Waals surface area contributed by atoms with Crippen LogP contribution in [0.2, 0.25) is 0 Å². The number of amides is 2. The molecule has 2 amide bonds. The molecule has 0 fully saturated rings. The van der Waals surface area contributed by atoms with Gasteiger partial charge in [-0.1, -0.05) is 42.5 Å². The van der Waals surface area contributed by atoms with Gasteiger partial charge in [0.25, 0.3) is 11.8 Å². The zero-order valence-electron chi connectivity index (χ0n) is 16.8. The van der Waals surface area contributed by atoms with Crippen molar-refractivity contribution >= 4 is 11.8 Å². The first-order valence-electron chi connectivity index (χ1n) is 9.65. The van der Waals surface area contributed by atoms with Crippen LogP contribution in [-0.2, 0) is 6.54 Å². The van der Waals surface area contributed by atoms with Gasteiger partial charge in [-0.2, -0.15) is 10.1 Å². The fourth-order valence-electron chi connectivity index (χ4n) is 2.89. The average molecular weight is 423 g/mol. The Kier molecular flexibility index (Phi) is 5.95. The van der Waals surface area contributed by atoms with E-state index in [2.05, 4.69) is 26.3 Å². The second-order valence-electron chi connectivity index (χ2n) is 6.80. The minimum Gasteiger partial charge on any atom is -0.267 e. The minimum atomic E-state index is -0.481. The van der Waals surface area contributed by atoms with Crippen molar-refractivity contribution in [1.29, 1.82) is 5.26 Å². The Hall–Kier alpha value is -4.84. The highest BCUT2D eigenvalue weighted by molar-refractivity contribution is 5.99. The molecule has 156 valence electrons. The normalized spacial score (nSPS) is 10.2. The topological polar surface area (TPSA) is 126 Å². The van der Waals surface area contributed by atoms with Gasteiger partial charge in [0.15, 0.2) is 0 Å². The third-order valence-electron chi connectivity index (χ3n) is 4.59. The molecule has 9 nitrogen and oxygen atoms in total. The monoisotopic (exact) mass is 423 g/mol. The number of carbonyl (C=O) groups excluding carboxylic acids is 2. The van der Waals surface area contributed by atoms with Crippen molar-refractivity contribution in [3.8, 4) is 17.5 Å². The lowest BCUT2D eigenvalue weighted by molar-refractivity contribution is 0.0846. The summed E-state index contributed by atoms with van der Waals surface area (Å²) in [7, 11) is 0. The van der Waals surface area contributed by atoms with Crippen molar-refractivity contribution < 1.29 is 9.59 Å². The summed E-state index contributed by atoms with van der Waals surface area (Å²) in [4.78, 5) is 25.9. The average Bonchev–Trinajstić information content (AvgIpc) is 3.32. The van der Waals surface area contributed by atoms with Gasteiger partial charge in [0.2, 0.25) is 5.82 Å². The molecule has 0 aliphatic rings. The van der Waals surface area contributed by atoms with E-state index < -0.39 is 11.8 Å². The predicted octanol–water partition coefficient (Wildman–Crippen LogP) is 2.33. The summed E-state index contributed by atoms with van der Waals surface area (Å²) in [5.74, 6) is -0.394. The SMILES string of the molecule is N#Cc1ccc(C(=O)NNC(=O)c2ccc(Cn3nnc(-c4ccccc4)n3)cc2)cc1. The van der Waals surface area contributed by atoms with Crippen LogP contribution in [0, 0.1) is 11.3 Å². The van der Waals surface area contributed by atoms with Crippen molar-refractivity contribution in [2.45, 2.75) is 6.54 Å². The summed E-state index contributed by atoms with van der Waals surface area (Å²) >= 11 is 0. The molecule has 32 heavy (non-hydrogen) atoms. The number of hydrogen-bond acceptors (Lipinski definition) is 6. The van der Waals surface area contributed by atoms with E-state index in [-0.39, 0.29) is 0 Å². The summed E-state index contributed by atoms with van der Waals surface area (Å²) in [5.41, 5.74) is 7.65. The number of hydrogen-bond donors (Lipinski definition) is 2. The Morgan fingerprint density at radius 1 is 0.844 bits per heavy atom. The van der Waals surface area contributed by atoms with Gasteiger partial charge < -0.3 is 0 Å². The number of nitrogens with one attached hydrogen (secondary N) is 2. The van der Waals surface area contributed by atoms with E-state index in [1.807, 2.05) is 36.4 Å². The van der Waals surface area contributed by atoms with Gasteiger partial charge in [0, 0.05) is 16.7 Å². The van der Waals surface area contributed by atoms with Gasteiger partial charge in [-0.05, 0) is 47.2 Å². The van der Waals surface area contributed by atoms with E-state index in [9.17, 15) is 9.59 Å². The minimum absolute atomic E-state index is 0.329. The molecule has 0 unspecified atom stereocenters. The first-order valence-corrected chi connectivity index (χ1v) is 9.65. The first-order chi connectivity index (χ1) is 15.6. The largest absolute Gasteiger partial charge is 0.269 e. The molecule has 0 saturated heterocycles. The number of tetrazole rings is 1. The van der Waals surface area contributed by atoms with Crippen LogP contribution in [0.1, 0.15) is 31.8 Å². The maximum Gasteiger partial charge on any atom is 0.269 e. The Bertz CT molecular complexity index is 1270. The Morgan fingerprint density at radius 3 is 2.03 bits per heavy atom. The van der Waals surface area contributed by atoms with Gasteiger partial charge in [-0.25, -0.2) is 0 Å². The van der Waals surface area contributed by atoms with E-state index in [0.717, 1.165) is 11.1 Å². The molecular formula is C23H17N7O2. The zero-order valence-corrected chi connectivity index (χ0v) is 16.8. The van der Waals surface area contributed by atoms with Gasteiger partial charge >= 0.3 is 0 Å². The van der Waals surface area contributed by atoms with Gasteiger partial charge in [-0.3, -0.25) is 20.4 Å². The Balaban J connectivity index is 1.33. The molecule has 9 heteroatoms. The first kappa shape index (κ1) is 20.4. The van der Waals surface area contributed by atoms with Crippen molar-refractivity contribution in [3.05, 3.63) is 101 Å². The van der Waals surface area contributed by atoms with Crippen LogP contribution in [0.15, 0.2) is 78.9 Å². The van der Waals surface area contributed by atoms with Crippen molar-refractivity contribution in [3.63, 3.8) is 0 Å². The van der Waals surface area contributed by atoms with E-state index in [1.165, 1.54) is 29.1 Å². The Labute approximate surface area is 183 Å². The summed E-state index contributed by atoms with van der Waals surface area (Å²) in [6, 6.07) is 24.5. The second-order valence-corrected chi connectivity index (χ2v) is 6.80. The highest BCUT2D eigenvalue weighted by Crippen LogP contribution is 2.12. The van der Waals surface area contributed by atoms with Crippen LogP contribution in [-0.4, -0.2) is 32.0 Å². The van der Waals surface area contributed by atoms with Crippen LogP contribution in [0.3, 0.4) is 0 Å². The highest BCUT2D eigenvalue weighted by atomic mass is 16.2. The molecule has 4 aromatic rings. The highest BCUT2D eigenvalue weighted by Gasteiger charge is 2.10. The standard InChI is InChI=1S/C23H17N7O2/c24-14-16-6-10-19(11-7-16)22(31)26-27-23(32)20-12-8-17(9-13-20)15-30-28-21(25-29-30)18-4-2-1-3-5-18/h1-13H,15H2,(H,26,31)(H,27,32). The smallest absolute Gasteiger partial charge is 0.267 e. The second kappa shape index (κ2) is 9.32. The van der Waals surface area contributed by atoms with Gasteiger partial charge in [0.05, 0.1) is 18.2 Å². The third kappa shape index (κ3) is 4.83. The molecule has 0 radical (unpaired) electrons.